The first kappa shape index (κ1) is 8.41. The largest absolute Gasteiger partial charge is 0.453 e. The van der Waals surface area contributed by atoms with Gasteiger partial charge in [0.2, 0.25) is 0 Å². The molecule has 3 rings (SSSR count). The quantitative estimate of drug-likeness (QED) is 0.651. The molecule has 0 fully saturated rings. The first-order valence-electron chi connectivity index (χ1n) is 4.92. The fraction of sp³-hybridized carbons (Fsp3) is 0.167. The molecule has 3 heteroatoms. The van der Waals surface area contributed by atoms with Crippen molar-refractivity contribution < 1.29 is 4.42 Å². The predicted octanol–water partition coefficient (Wildman–Crippen LogP) is 3.34. The fourth-order valence-corrected chi connectivity index (χ4v) is 1.72. The smallest absolute Gasteiger partial charge is 0.155 e. The molecule has 0 spiro atoms. The van der Waals surface area contributed by atoms with Crippen LogP contribution in [0.4, 0.5) is 5.69 Å². The van der Waals surface area contributed by atoms with Gasteiger partial charge in [-0.1, -0.05) is 5.57 Å². The first-order valence-corrected chi connectivity index (χ1v) is 4.92. The highest BCUT2D eigenvalue weighted by molar-refractivity contribution is 5.93. The van der Waals surface area contributed by atoms with Crippen molar-refractivity contribution in [3.8, 4) is 0 Å². The van der Waals surface area contributed by atoms with Crippen molar-refractivity contribution >= 4 is 29.1 Å². The molecule has 1 aliphatic rings. The number of hydrogen-bond donors (Lipinski definition) is 0. The number of aromatic nitrogens is 1. The van der Waals surface area contributed by atoms with Gasteiger partial charge in [0.15, 0.2) is 11.3 Å². The molecule has 3 heterocycles. The monoisotopic (exact) mass is 198 g/mol. The SMILES string of the molecule is CC1=Cc2oc3cccnc3c2N=CC1. The standard InChI is InChI=1S/C12H10N2O/c1-8-4-6-14-12-10(7-8)15-9-3-2-5-13-11(9)12/h2-3,5-7H,4H2,1H3. The highest BCUT2D eigenvalue weighted by Gasteiger charge is 2.13. The Bertz CT molecular complexity index is 578. The summed E-state index contributed by atoms with van der Waals surface area (Å²) in [6, 6.07) is 3.78. The number of nitrogens with zero attached hydrogens (tertiary/aromatic N) is 2. The predicted molar refractivity (Wildman–Crippen MR) is 60.4 cm³/mol. The Labute approximate surface area is 87.2 Å². The molecule has 0 saturated heterocycles. The Balaban J connectivity index is 2.38. The molecular weight excluding hydrogens is 188 g/mol. The zero-order chi connectivity index (χ0) is 10.3. The van der Waals surface area contributed by atoms with Crippen LogP contribution in [0.5, 0.6) is 0 Å². The summed E-state index contributed by atoms with van der Waals surface area (Å²) in [4.78, 5) is 8.68. The number of pyridine rings is 1. The summed E-state index contributed by atoms with van der Waals surface area (Å²) in [5.74, 6) is 0.815. The Morgan fingerprint density at radius 2 is 2.33 bits per heavy atom. The van der Waals surface area contributed by atoms with Crippen LogP contribution in [0.1, 0.15) is 19.1 Å². The average Bonchev–Trinajstić information content (AvgIpc) is 2.46. The van der Waals surface area contributed by atoms with E-state index in [1.807, 2.05) is 24.4 Å². The van der Waals surface area contributed by atoms with Gasteiger partial charge < -0.3 is 4.42 Å². The van der Waals surface area contributed by atoms with Gasteiger partial charge in [-0.3, -0.25) is 9.98 Å². The van der Waals surface area contributed by atoms with E-state index in [1.54, 1.807) is 6.20 Å². The molecule has 0 atom stereocenters. The lowest BCUT2D eigenvalue weighted by molar-refractivity contribution is 0.604. The van der Waals surface area contributed by atoms with E-state index in [4.69, 9.17) is 4.42 Å². The number of hydrogen-bond acceptors (Lipinski definition) is 3. The summed E-state index contributed by atoms with van der Waals surface area (Å²) < 4.78 is 5.69. The molecule has 0 unspecified atom stereocenters. The maximum atomic E-state index is 5.69. The van der Waals surface area contributed by atoms with Gasteiger partial charge in [-0.15, -0.1) is 0 Å². The Kier molecular flexibility index (Phi) is 1.71. The second-order valence-electron chi connectivity index (χ2n) is 3.67. The molecule has 0 saturated carbocycles. The van der Waals surface area contributed by atoms with Crippen LogP contribution in [0.2, 0.25) is 0 Å². The van der Waals surface area contributed by atoms with Crippen molar-refractivity contribution in [2.24, 2.45) is 4.99 Å². The lowest BCUT2D eigenvalue weighted by Crippen LogP contribution is -1.74. The molecule has 0 radical (unpaired) electrons. The van der Waals surface area contributed by atoms with Crippen molar-refractivity contribution in [3.05, 3.63) is 29.7 Å². The Morgan fingerprint density at radius 3 is 3.27 bits per heavy atom. The minimum Gasteiger partial charge on any atom is -0.453 e. The molecule has 0 bridgehead atoms. The minimum atomic E-state index is 0.797. The van der Waals surface area contributed by atoms with Crippen LogP contribution in [0.25, 0.3) is 17.2 Å². The van der Waals surface area contributed by atoms with Crippen LogP contribution in [0.3, 0.4) is 0 Å². The first-order chi connectivity index (χ1) is 7.34. The minimum absolute atomic E-state index is 0.797. The van der Waals surface area contributed by atoms with E-state index in [0.717, 1.165) is 29.0 Å². The summed E-state index contributed by atoms with van der Waals surface area (Å²) in [7, 11) is 0. The van der Waals surface area contributed by atoms with Crippen LogP contribution < -0.4 is 0 Å². The van der Waals surface area contributed by atoms with E-state index in [9.17, 15) is 0 Å². The Morgan fingerprint density at radius 1 is 1.40 bits per heavy atom. The fourth-order valence-electron chi connectivity index (χ4n) is 1.72. The van der Waals surface area contributed by atoms with Gasteiger partial charge in [0, 0.05) is 18.8 Å². The molecule has 0 N–H and O–H groups in total. The molecule has 15 heavy (non-hydrogen) atoms. The summed E-state index contributed by atoms with van der Waals surface area (Å²) in [6.07, 6.45) is 6.57. The van der Waals surface area contributed by atoms with Crippen LogP contribution in [0.15, 0.2) is 33.3 Å². The van der Waals surface area contributed by atoms with Crippen molar-refractivity contribution in [1.82, 2.24) is 4.98 Å². The van der Waals surface area contributed by atoms with E-state index >= 15 is 0 Å². The maximum Gasteiger partial charge on any atom is 0.155 e. The summed E-state index contributed by atoms with van der Waals surface area (Å²) >= 11 is 0. The van der Waals surface area contributed by atoms with Crippen molar-refractivity contribution in [3.63, 3.8) is 0 Å². The highest BCUT2D eigenvalue weighted by Crippen LogP contribution is 2.34. The summed E-state index contributed by atoms with van der Waals surface area (Å²) in [5, 5.41) is 0. The van der Waals surface area contributed by atoms with E-state index in [-0.39, 0.29) is 0 Å². The Hall–Kier alpha value is -1.90. The van der Waals surface area contributed by atoms with Gasteiger partial charge in [-0.05, 0) is 25.1 Å². The lowest BCUT2D eigenvalue weighted by atomic mass is 10.2. The number of rotatable bonds is 0. The zero-order valence-electron chi connectivity index (χ0n) is 8.40. The molecule has 0 aromatic carbocycles. The normalized spacial score (nSPS) is 14.9. The second kappa shape index (κ2) is 3.05. The van der Waals surface area contributed by atoms with Gasteiger partial charge in [-0.2, -0.15) is 0 Å². The summed E-state index contributed by atoms with van der Waals surface area (Å²) in [6.45, 7) is 2.07. The van der Waals surface area contributed by atoms with Crippen LogP contribution in [0, 0.1) is 0 Å². The molecule has 2 aromatic heterocycles. The van der Waals surface area contributed by atoms with Crippen LogP contribution in [-0.2, 0) is 0 Å². The molecule has 0 aliphatic carbocycles. The molecule has 1 aliphatic heterocycles. The topological polar surface area (TPSA) is 38.4 Å². The van der Waals surface area contributed by atoms with Gasteiger partial charge in [0.25, 0.3) is 0 Å². The van der Waals surface area contributed by atoms with Crippen LogP contribution >= 0.6 is 0 Å². The van der Waals surface area contributed by atoms with Gasteiger partial charge in [0.1, 0.15) is 11.2 Å². The lowest BCUT2D eigenvalue weighted by Gasteiger charge is -1.89. The van der Waals surface area contributed by atoms with E-state index in [1.165, 1.54) is 5.57 Å². The second-order valence-corrected chi connectivity index (χ2v) is 3.67. The third-order valence-electron chi connectivity index (χ3n) is 2.46. The van der Waals surface area contributed by atoms with Crippen molar-refractivity contribution in [1.29, 1.82) is 0 Å². The average molecular weight is 198 g/mol. The van der Waals surface area contributed by atoms with Crippen molar-refractivity contribution in [2.75, 3.05) is 0 Å². The van der Waals surface area contributed by atoms with Gasteiger partial charge >= 0.3 is 0 Å². The molecule has 0 amide bonds. The molecule has 74 valence electrons. The van der Waals surface area contributed by atoms with Gasteiger partial charge in [-0.25, -0.2) is 0 Å². The van der Waals surface area contributed by atoms with E-state index < -0.39 is 0 Å². The summed E-state index contributed by atoms with van der Waals surface area (Å²) in [5.41, 5.74) is 3.74. The number of aliphatic imine (C=N–C) groups is 1. The number of furan rings is 1. The maximum absolute atomic E-state index is 5.69. The van der Waals surface area contributed by atoms with Gasteiger partial charge in [0.05, 0.1) is 0 Å². The van der Waals surface area contributed by atoms with E-state index in [0.29, 0.717) is 0 Å². The van der Waals surface area contributed by atoms with E-state index in [2.05, 4.69) is 16.9 Å². The third-order valence-corrected chi connectivity index (χ3v) is 2.46. The highest BCUT2D eigenvalue weighted by atomic mass is 16.3. The molecule has 3 nitrogen and oxygen atoms in total. The molecular formula is C12H10N2O. The van der Waals surface area contributed by atoms with Crippen LogP contribution in [-0.4, -0.2) is 11.2 Å². The number of fused-ring (bicyclic) bond motifs is 3. The third kappa shape index (κ3) is 1.28. The van der Waals surface area contributed by atoms with Crippen molar-refractivity contribution in [2.45, 2.75) is 13.3 Å². The zero-order valence-corrected chi connectivity index (χ0v) is 8.40. The molecule has 2 aromatic rings. The number of allylic oxidation sites excluding steroid dienone is 1.